The molecule has 0 saturated heterocycles. The summed E-state index contributed by atoms with van der Waals surface area (Å²) in [5.41, 5.74) is 1.91. The molecule has 4 nitrogen and oxygen atoms in total. The molecule has 0 amide bonds. The van der Waals surface area contributed by atoms with E-state index in [1.165, 1.54) is 0 Å². The van der Waals surface area contributed by atoms with Crippen LogP contribution in [0, 0.1) is 0 Å². The van der Waals surface area contributed by atoms with Crippen LogP contribution in [0.1, 0.15) is 46.2 Å². The van der Waals surface area contributed by atoms with Gasteiger partial charge in [-0.3, -0.25) is 14.4 Å². The molecule has 0 bridgehead atoms. The summed E-state index contributed by atoms with van der Waals surface area (Å²) in [4.78, 5) is 15.0. The van der Waals surface area contributed by atoms with Crippen LogP contribution in [-0.4, -0.2) is 27.4 Å². The Morgan fingerprint density at radius 1 is 1.04 bits per heavy atom. The molecule has 0 atom stereocenters. The monoisotopic (exact) mass is 395 g/mol. The van der Waals surface area contributed by atoms with E-state index in [0.29, 0.717) is 4.47 Å². The lowest BCUT2D eigenvalue weighted by atomic mass is 10.3. The van der Waals surface area contributed by atoms with Gasteiger partial charge < -0.3 is 0 Å². The zero-order valence-corrected chi connectivity index (χ0v) is 17.1. The van der Waals surface area contributed by atoms with E-state index >= 15 is 0 Å². The van der Waals surface area contributed by atoms with Crippen molar-refractivity contribution in [1.29, 1.82) is 0 Å². The highest BCUT2D eigenvalue weighted by Crippen LogP contribution is 2.18. The number of hydrogen-bond donors (Lipinski definition) is 0. The molecule has 1 aromatic carbocycles. The van der Waals surface area contributed by atoms with Crippen molar-refractivity contribution < 1.29 is 0 Å². The molecule has 1 aromatic heterocycles. The van der Waals surface area contributed by atoms with Gasteiger partial charge in [0.05, 0.1) is 11.4 Å². The Labute approximate surface area is 154 Å². The summed E-state index contributed by atoms with van der Waals surface area (Å²) in [5.74, 6) is 0. The van der Waals surface area contributed by atoms with Crippen LogP contribution in [0.15, 0.2) is 39.6 Å². The third-order valence-corrected chi connectivity index (χ3v) is 4.57. The van der Waals surface area contributed by atoms with Crippen molar-refractivity contribution in [3.05, 3.63) is 50.9 Å². The largest absolute Gasteiger partial charge is 0.298 e. The fraction of sp³-hybridized carbons (Fsp3) is 0.526. The maximum Gasteiger partial charge on any atom is 0.286 e. The van der Waals surface area contributed by atoms with Crippen LogP contribution in [0.2, 0.25) is 0 Å². The van der Waals surface area contributed by atoms with Gasteiger partial charge in [0.15, 0.2) is 0 Å². The van der Waals surface area contributed by atoms with E-state index in [2.05, 4.69) is 34.7 Å². The standard InChI is InChI=1S/C17H24BrN3O.C2H6/c1-4-11-20(12-5-2)13-15-16(18)17(22)21(19(15)3)14-9-7-6-8-10-14;1-2/h6-10H,4-5,11-13H2,1-3H3;1-2H3. The van der Waals surface area contributed by atoms with Crippen LogP contribution in [0.5, 0.6) is 0 Å². The van der Waals surface area contributed by atoms with Gasteiger partial charge in [0.2, 0.25) is 0 Å². The summed E-state index contributed by atoms with van der Waals surface area (Å²) in [5, 5.41) is 0. The highest BCUT2D eigenvalue weighted by molar-refractivity contribution is 9.10. The first-order valence-corrected chi connectivity index (χ1v) is 9.63. The quantitative estimate of drug-likeness (QED) is 0.686. The summed E-state index contributed by atoms with van der Waals surface area (Å²) >= 11 is 3.50. The van der Waals surface area contributed by atoms with Gasteiger partial charge in [0.25, 0.3) is 5.56 Å². The minimum absolute atomic E-state index is 0.00310. The molecule has 0 spiro atoms. The number of aromatic nitrogens is 2. The first-order chi connectivity index (χ1) is 11.6. The summed E-state index contributed by atoms with van der Waals surface area (Å²) in [6.45, 7) is 11.3. The van der Waals surface area contributed by atoms with E-state index in [9.17, 15) is 4.79 Å². The lowest BCUT2D eigenvalue weighted by Crippen LogP contribution is -2.26. The number of nitrogens with zero attached hydrogens (tertiary/aromatic N) is 3. The molecular formula is C19H30BrN3O. The molecule has 2 rings (SSSR count). The Morgan fingerprint density at radius 3 is 2.08 bits per heavy atom. The molecule has 0 N–H and O–H groups in total. The van der Waals surface area contributed by atoms with Gasteiger partial charge in [0, 0.05) is 13.6 Å². The van der Waals surface area contributed by atoms with Crippen LogP contribution < -0.4 is 5.56 Å². The molecule has 0 aliphatic carbocycles. The molecule has 0 saturated carbocycles. The average Bonchev–Trinajstić information content (AvgIpc) is 2.81. The van der Waals surface area contributed by atoms with Crippen LogP contribution >= 0.6 is 15.9 Å². The van der Waals surface area contributed by atoms with Gasteiger partial charge in [0.1, 0.15) is 4.47 Å². The fourth-order valence-electron chi connectivity index (χ4n) is 2.76. The predicted molar refractivity (Wildman–Crippen MR) is 106 cm³/mol. The molecule has 0 fully saturated rings. The Morgan fingerprint density at radius 2 is 1.58 bits per heavy atom. The molecule has 5 heteroatoms. The Bertz CT molecular complexity index is 655. The summed E-state index contributed by atoms with van der Waals surface area (Å²) in [7, 11) is 1.95. The van der Waals surface area contributed by atoms with E-state index in [-0.39, 0.29) is 5.56 Å². The first kappa shape index (κ1) is 20.7. The Balaban J connectivity index is 0.00000139. The second-order valence-electron chi connectivity index (χ2n) is 5.51. The predicted octanol–water partition coefficient (Wildman–Crippen LogP) is 4.59. The van der Waals surface area contributed by atoms with Gasteiger partial charge in [-0.05, 0) is 54.0 Å². The van der Waals surface area contributed by atoms with E-state index < -0.39 is 0 Å². The highest BCUT2D eigenvalue weighted by Gasteiger charge is 2.18. The second-order valence-corrected chi connectivity index (χ2v) is 6.31. The maximum atomic E-state index is 12.6. The van der Waals surface area contributed by atoms with Crippen molar-refractivity contribution in [3.8, 4) is 5.69 Å². The van der Waals surface area contributed by atoms with Crippen molar-refractivity contribution >= 4 is 15.9 Å². The third-order valence-electron chi connectivity index (χ3n) is 3.78. The van der Waals surface area contributed by atoms with Crippen LogP contribution in [0.3, 0.4) is 0 Å². The normalized spacial score (nSPS) is 10.6. The van der Waals surface area contributed by atoms with E-state index in [1.54, 1.807) is 4.68 Å². The van der Waals surface area contributed by atoms with Crippen molar-refractivity contribution in [2.45, 2.75) is 47.1 Å². The highest BCUT2D eigenvalue weighted by atomic mass is 79.9. The van der Waals surface area contributed by atoms with Gasteiger partial charge in [-0.15, -0.1) is 0 Å². The van der Waals surface area contributed by atoms with Crippen molar-refractivity contribution in [2.75, 3.05) is 13.1 Å². The molecule has 0 aliphatic heterocycles. The van der Waals surface area contributed by atoms with Crippen molar-refractivity contribution in [1.82, 2.24) is 14.3 Å². The molecule has 0 unspecified atom stereocenters. The zero-order chi connectivity index (χ0) is 18.1. The zero-order valence-electron chi connectivity index (χ0n) is 15.6. The molecule has 24 heavy (non-hydrogen) atoms. The van der Waals surface area contributed by atoms with Crippen LogP contribution in [0.4, 0.5) is 0 Å². The topological polar surface area (TPSA) is 30.2 Å². The number of rotatable bonds is 7. The molecular weight excluding hydrogens is 366 g/mol. The number of hydrogen-bond acceptors (Lipinski definition) is 2. The van der Waals surface area contributed by atoms with Crippen molar-refractivity contribution in [2.24, 2.45) is 7.05 Å². The lowest BCUT2D eigenvalue weighted by molar-refractivity contribution is 0.258. The molecule has 2 aromatic rings. The summed E-state index contributed by atoms with van der Waals surface area (Å²) < 4.78 is 4.34. The number of benzene rings is 1. The SMILES string of the molecule is CC.CCCN(CCC)Cc1c(Br)c(=O)n(-c2ccccc2)n1C. The number of para-hydroxylation sites is 1. The fourth-order valence-corrected chi connectivity index (χ4v) is 3.31. The van der Waals surface area contributed by atoms with Crippen LogP contribution in [-0.2, 0) is 13.6 Å². The Hall–Kier alpha value is -1.33. The second kappa shape index (κ2) is 10.5. The van der Waals surface area contributed by atoms with E-state index in [4.69, 9.17) is 0 Å². The minimum atomic E-state index is -0.00310. The lowest BCUT2D eigenvalue weighted by Gasteiger charge is -2.21. The van der Waals surface area contributed by atoms with Crippen LogP contribution in [0.25, 0.3) is 5.69 Å². The van der Waals surface area contributed by atoms with E-state index in [1.807, 2.05) is 55.9 Å². The van der Waals surface area contributed by atoms with Gasteiger partial charge in [-0.2, -0.15) is 0 Å². The smallest absolute Gasteiger partial charge is 0.286 e. The molecule has 134 valence electrons. The molecule has 1 heterocycles. The van der Waals surface area contributed by atoms with Crippen molar-refractivity contribution in [3.63, 3.8) is 0 Å². The van der Waals surface area contributed by atoms with Gasteiger partial charge >= 0.3 is 0 Å². The van der Waals surface area contributed by atoms with Gasteiger partial charge in [-0.1, -0.05) is 45.9 Å². The molecule has 0 aliphatic rings. The number of halogens is 1. The van der Waals surface area contributed by atoms with E-state index in [0.717, 1.165) is 43.9 Å². The summed E-state index contributed by atoms with van der Waals surface area (Å²) in [6, 6.07) is 9.75. The van der Waals surface area contributed by atoms with Gasteiger partial charge in [-0.25, -0.2) is 4.68 Å². The third kappa shape index (κ3) is 4.84. The minimum Gasteiger partial charge on any atom is -0.298 e. The average molecular weight is 396 g/mol. The first-order valence-electron chi connectivity index (χ1n) is 8.84. The molecule has 0 radical (unpaired) electrons. The maximum absolute atomic E-state index is 12.6. The summed E-state index contributed by atoms with van der Waals surface area (Å²) in [6.07, 6.45) is 2.23. The Kier molecular flexibility index (Phi) is 9.08.